The number of likely N-dealkylation sites (N-methyl/N-ethyl adjacent to an activating group) is 1. The smallest absolute Gasteiger partial charge is 0.325 e. The van der Waals surface area contributed by atoms with Crippen molar-refractivity contribution in [1.82, 2.24) is 30.8 Å². The van der Waals surface area contributed by atoms with E-state index in [0.29, 0.717) is 23.4 Å². The fraction of sp³-hybridized carbons (Fsp3) is 0.450. The molecule has 6 rings (SSSR count). The lowest BCUT2D eigenvalue weighted by Gasteiger charge is -2.30. The Morgan fingerprint density at radius 1 is 0.644 bits per heavy atom. The highest BCUT2D eigenvalue weighted by atomic mass is 32.1. The second-order valence-corrected chi connectivity index (χ2v) is 16.9. The summed E-state index contributed by atoms with van der Waals surface area (Å²) in [5.41, 5.74) is 11.1. The lowest BCUT2D eigenvalue weighted by atomic mass is 10.1. The van der Waals surface area contributed by atoms with Gasteiger partial charge in [-0.15, -0.1) is 0 Å². The standard InChI is InChI=1S/C22H33N7O2S.C18H24N6O2S/c1-16-7-8-18(19(13-16)29-10-5-4-6-11-29)26-21(31)27-22-25-15-17(32-22)14-24-20(30)23-9-12-28(2)3;1-12-5-6-14(15(9-12)24-7-3-2-4-8-24)22-17(26)23-18-21-11-13(27-18)10-20-16(19)25/h7-8,13,15H,4-6,9-12,14H2,1-3H3,(H2,23,24,30)(H2,25,26,27,31);5-6,9,11H,2-4,7-8,10H2,1H3,(H3,19,20,25)(H2,21,22,23,26). The molecule has 19 heteroatoms. The van der Waals surface area contributed by atoms with Crippen LogP contribution in [0.25, 0.3) is 0 Å². The molecule has 59 heavy (non-hydrogen) atoms. The van der Waals surface area contributed by atoms with Gasteiger partial charge in [0.2, 0.25) is 0 Å². The number of anilines is 6. The Kier molecular flexibility index (Phi) is 16.9. The van der Waals surface area contributed by atoms with Gasteiger partial charge < -0.3 is 47.0 Å². The number of nitrogens with two attached hydrogens (primary N) is 1. The minimum Gasteiger partial charge on any atom is -0.370 e. The molecule has 2 aliphatic heterocycles. The van der Waals surface area contributed by atoms with Crippen LogP contribution in [0.2, 0.25) is 0 Å². The lowest BCUT2D eigenvalue weighted by Crippen LogP contribution is -2.38. The molecule has 0 unspecified atom stereocenters. The average molecular weight is 848 g/mol. The van der Waals surface area contributed by atoms with E-state index >= 15 is 0 Å². The molecule has 2 fully saturated rings. The number of rotatable bonds is 13. The van der Waals surface area contributed by atoms with Gasteiger partial charge in [-0.25, -0.2) is 29.1 Å². The largest absolute Gasteiger partial charge is 0.370 e. The number of carbonyl (C=O) groups is 4. The van der Waals surface area contributed by atoms with Gasteiger partial charge in [-0.05, 0) is 102 Å². The molecule has 2 aromatic heterocycles. The molecule has 0 spiro atoms. The summed E-state index contributed by atoms with van der Waals surface area (Å²) in [5.74, 6) is 0. The van der Waals surface area contributed by atoms with Crippen molar-refractivity contribution < 1.29 is 19.2 Å². The molecule has 0 aliphatic carbocycles. The lowest BCUT2D eigenvalue weighted by molar-refractivity contribution is 0.239. The molecule has 2 aromatic carbocycles. The number of amides is 8. The molecular formula is C40H57N13O4S2. The van der Waals surface area contributed by atoms with Crippen molar-refractivity contribution in [1.29, 1.82) is 0 Å². The molecule has 0 saturated carbocycles. The first-order chi connectivity index (χ1) is 28.4. The number of nitrogens with one attached hydrogen (secondary N) is 7. The highest BCUT2D eigenvalue weighted by molar-refractivity contribution is 7.16. The van der Waals surface area contributed by atoms with Gasteiger partial charge in [-0.2, -0.15) is 0 Å². The second kappa shape index (κ2) is 22.5. The van der Waals surface area contributed by atoms with Gasteiger partial charge in [-0.3, -0.25) is 10.6 Å². The first-order valence-electron chi connectivity index (χ1n) is 19.9. The van der Waals surface area contributed by atoms with Gasteiger partial charge in [0.25, 0.3) is 0 Å². The maximum Gasteiger partial charge on any atom is 0.325 e. The van der Waals surface area contributed by atoms with Crippen LogP contribution in [0.5, 0.6) is 0 Å². The van der Waals surface area contributed by atoms with Crippen LogP contribution in [0.4, 0.5) is 52.2 Å². The summed E-state index contributed by atoms with van der Waals surface area (Å²) in [6.45, 7) is 10.1. The van der Waals surface area contributed by atoms with Crippen molar-refractivity contribution in [3.05, 3.63) is 69.7 Å². The van der Waals surface area contributed by atoms with E-state index in [4.69, 9.17) is 5.73 Å². The van der Waals surface area contributed by atoms with Crippen molar-refractivity contribution >= 4 is 79.8 Å². The number of primary amides is 1. The fourth-order valence-electron chi connectivity index (χ4n) is 6.48. The van der Waals surface area contributed by atoms with Crippen molar-refractivity contribution in [2.24, 2.45) is 5.73 Å². The Hall–Kier alpha value is -5.66. The molecule has 8 amide bonds. The third-order valence-corrected chi connectivity index (χ3v) is 11.3. The Labute approximate surface area is 353 Å². The van der Waals surface area contributed by atoms with E-state index in [0.717, 1.165) is 70.8 Å². The third kappa shape index (κ3) is 14.9. The first-order valence-corrected chi connectivity index (χ1v) is 21.5. The second-order valence-electron chi connectivity index (χ2n) is 14.7. The number of thiazole rings is 2. The molecular weight excluding hydrogens is 791 g/mol. The summed E-state index contributed by atoms with van der Waals surface area (Å²) >= 11 is 2.62. The highest BCUT2D eigenvalue weighted by Gasteiger charge is 2.19. The number of carbonyl (C=O) groups excluding carboxylic acids is 4. The minimum absolute atomic E-state index is 0.225. The zero-order valence-corrected chi connectivity index (χ0v) is 35.9. The summed E-state index contributed by atoms with van der Waals surface area (Å²) < 4.78 is 0. The average Bonchev–Trinajstić information content (AvgIpc) is 3.87. The Morgan fingerprint density at radius 3 is 1.54 bits per heavy atom. The number of nitrogens with zero attached hydrogens (tertiary/aromatic N) is 5. The summed E-state index contributed by atoms with van der Waals surface area (Å²) in [6.07, 6.45) is 10.4. The Bertz CT molecular complexity index is 2010. The molecule has 0 atom stereocenters. The number of hydrogen-bond acceptors (Lipinski definition) is 11. The predicted octanol–water partition coefficient (Wildman–Crippen LogP) is 6.70. The molecule has 2 saturated heterocycles. The van der Waals surface area contributed by atoms with Crippen LogP contribution in [-0.2, 0) is 13.1 Å². The van der Waals surface area contributed by atoms with Crippen LogP contribution in [0.1, 0.15) is 59.4 Å². The number of benzene rings is 2. The van der Waals surface area contributed by atoms with E-state index in [1.165, 1.54) is 66.8 Å². The van der Waals surface area contributed by atoms with Gasteiger partial charge in [-0.1, -0.05) is 34.8 Å². The van der Waals surface area contributed by atoms with Crippen LogP contribution >= 0.6 is 22.7 Å². The third-order valence-electron chi connectivity index (χ3n) is 9.45. The minimum atomic E-state index is -0.597. The van der Waals surface area contributed by atoms with Crippen molar-refractivity contribution in [3.63, 3.8) is 0 Å². The van der Waals surface area contributed by atoms with E-state index in [1.54, 1.807) is 12.4 Å². The normalized spacial score (nSPS) is 13.8. The van der Waals surface area contributed by atoms with E-state index in [2.05, 4.69) is 83.0 Å². The summed E-state index contributed by atoms with van der Waals surface area (Å²) in [7, 11) is 3.91. The van der Waals surface area contributed by atoms with Crippen LogP contribution in [-0.4, -0.2) is 92.4 Å². The molecule has 2 aliphatic rings. The first kappa shape index (κ1) is 44.4. The molecule has 9 N–H and O–H groups in total. The maximum atomic E-state index is 12.6. The molecule has 0 bridgehead atoms. The highest BCUT2D eigenvalue weighted by Crippen LogP contribution is 2.31. The SMILES string of the molecule is Cc1ccc(NC(=O)Nc2ncc(CNC(=O)NCCN(C)C)s2)c(N2CCCCC2)c1.Cc1ccc(NC(=O)Nc2ncc(CNC(N)=O)s2)c(N2CCCCC2)c1. The van der Waals surface area contributed by atoms with Crippen molar-refractivity contribution in [2.45, 2.75) is 65.5 Å². The van der Waals surface area contributed by atoms with Gasteiger partial charge in [0, 0.05) is 61.4 Å². The molecule has 4 aromatic rings. The fourth-order valence-corrected chi connectivity index (χ4v) is 7.97. The molecule has 4 heterocycles. The van der Waals surface area contributed by atoms with Crippen molar-refractivity contribution in [2.75, 3.05) is 84.4 Å². The van der Waals surface area contributed by atoms with Crippen LogP contribution in [0.3, 0.4) is 0 Å². The van der Waals surface area contributed by atoms with Gasteiger partial charge in [0.05, 0.1) is 35.8 Å². The molecule has 0 radical (unpaired) electrons. The van der Waals surface area contributed by atoms with E-state index in [9.17, 15) is 19.2 Å². The van der Waals surface area contributed by atoms with E-state index < -0.39 is 6.03 Å². The van der Waals surface area contributed by atoms with Crippen LogP contribution < -0.4 is 52.8 Å². The van der Waals surface area contributed by atoms with Gasteiger partial charge >= 0.3 is 24.1 Å². The van der Waals surface area contributed by atoms with E-state index in [1.807, 2.05) is 43.3 Å². The molecule has 17 nitrogen and oxygen atoms in total. The maximum absolute atomic E-state index is 12.6. The topological polar surface area (TPSA) is 214 Å². The Morgan fingerprint density at radius 2 is 1.10 bits per heavy atom. The predicted molar refractivity (Wildman–Crippen MR) is 239 cm³/mol. The van der Waals surface area contributed by atoms with Crippen LogP contribution in [0.15, 0.2) is 48.8 Å². The number of urea groups is 4. The Balaban J connectivity index is 0.000000227. The zero-order valence-electron chi connectivity index (χ0n) is 34.3. The van der Waals surface area contributed by atoms with Gasteiger partial charge in [0.1, 0.15) is 0 Å². The zero-order chi connectivity index (χ0) is 42.1. The quantitative estimate of drug-likeness (QED) is 0.0718. The monoisotopic (exact) mass is 847 g/mol. The number of aryl methyl sites for hydroxylation is 2. The number of aromatic nitrogens is 2. The molecule has 318 valence electrons. The summed E-state index contributed by atoms with van der Waals surface area (Å²) in [6, 6.07) is 10.6. The summed E-state index contributed by atoms with van der Waals surface area (Å²) in [4.78, 5) is 64.3. The number of piperidine rings is 2. The summed E-state index contributed by atoms with van der Waals surface area (Å²) in [5, 5.41) is 20.5. The number of hydrogen-bond donors (Lipinski definition) is 8. The van der Waals surface area contributed by atoms with Crippen molar-refractivity contribution in [3.8, 4) is 0 Å². The van der Waals surface area contributed by atoms with Gasteiger partial charge in [0.15, 0.2) is 10.3 Å². The van der Waals surface area contributed by atoms with E-state index in [-0.39, 0.29) is 24.6 Å². The van der Waals surface area contributed by atoms with Crippen LogP contribution in [0, 0.1) is 13.8 Å².